The molecule has 1 atom stereocenters. The van der Waals surface area contributed by atoms with Crippen LogP contribution in [0.2, 0.25) is 0 Å². The zero-order valence-corrected chi connectivity index (χ0v) is 15.7. The number of carbonyl (C=O) groups is 2. The number of benzene rings is 1. The Morgan fingerprint density at radius 3 is 2.89 bits per heavy atom. The lowest BCUT2D eigenvalue weighted by molar-refractivity contribution is 0.0905. The second-order valence-corrected chi connectivity index (χ2v) is 7.15. The summed E-state index contributed by atoms with van der Waals surface area (Å²) in [5, 5.41) is 2.85. The smallest absolute Gasteiger partial charge is 0.270 e. The number of rotatable bonds is 3. The monoisotopic (exact) mass is 438 g/mol. The molecule has 142 valence electrons. The van der Waals surface area contributed by atoms with Gasteiger partial charge < -0.3 is 25.1 Å². The van der Waals surface area contributed by atoms with Crippen molar-refractivity contribution in [2.45, 2.75) is 19.0 Å². The van der Waals surface area contributed by atoms with Crippen molar-refractivity contribution in [3.8, 4) is 17.1 Å². The SMILES string of the molecule is NC(=O)c1nc2n(c1C(=O)NC1CCOC1)CCOc1cc(F)c(Br)cc1-2. The van der Waals surface area contributed by atoms with E-state index in [2.05, 4.69) is 26.2 Å². The Morgan fingerprint density at radius 2 is 2.19 bits per heavy atom. The maximum absolute atomic E-state index is 13.9. The van der Waals surface area contributed by atoms with E-state index in [0.717, 1.165) is 0 Å². The first kappa shape index (κ1) is 17.9. The molecule has 0 saturated carbocycles. The molecule has 10 heteroatoms. The molecule has 3 heterocycles. The number of aromatic nitrogens is 2. The van der Waals surface area contributed by atoms with Crippen molar-refractivity contribution < 1.29 is 23.5 Å². The predicted octanol–water partition coefficient (Wildman–Crippen LogP) is 1.46. The number of nitrogens with one attached hydrogen (secondary N) is 1. The van der Waals surface area contributed by atoms with Crippen LogP contribution in [-0.2, 0) is 11.3 Å². The highest BCUT2D eigenvalue weighted by Gasteiger charge is 2.31. The summed E-state index contributed by atoms with van der Waals surface area (Å²) in [6, 6.07) is 2.61. The second kappa shape index (κ2) is 6.93. The number of halogens is 2. The van der Waals surface area contributed by atoms with Gasteiger partial charge in [-0.25, -0.2) is 9.37 Å². The van der Waals surface area contributed by atoms with E-state index in [9.17, 15) is 14.0 Å². The van der Waals surface area contributed by atoms with Gasteiger partial charge in [0, 0.05) is 12.7 Å². The highest BCUT2D eigenvalue weighted by Crippen LogP contribution is 2.37. The molecule has 1 fully saturated rings. The molecule has 8 nitrogen and oxygen atoms in total. The number of hydrogen-bond donors (Lipinski definition) is 2. The van der Waals surface area contributed by atoms with E-state index in [4.69, 9.17) is 15.2 Å². The fourth-order valence-corrected chi connectivity index (χ4v) is 3.59. The summed E-state index contributed by atoms with van der Waals surface area (Å²) in [5.41, 5.74) is 5.87. The van der Waals surface area contributed by atoms with Gasteiger partial charge in [-0.3, -0.25) is 9.59 Å². The Morgan fingerprint density at radius 1 is 1.37 bits per heavy atom. The van der Waals surface area contributed by atoms with E-state index >= 15 is 0 Å². The highest BCUT2D eigenvalue weighted by atomic mass is 79.9. The molecule has 2 aliphatic rings. The number of fused-ring (bicyclic) bond motifs is 3. The van der Waals surface area contributed by atoms with E-state index in [0.29, 0.717) is 31.0 Å². The standard InChI is InChI=1S/C17H16BrFN4O4/c18-10-5-9-12(6-11(10)19)27-4-2-23-14(13(15(20)24)22-16(9)23)17(25)21-8-1-3-26-7-8/h5-6,8H,1-4,7H2,(H2,20,24)(H,21,25). The fourth-order valence-electron chi connectivity index (χ4n) is 3.25. The minimum atomic E-state index is -0.813. The number of hydrogen-bond acceptors (Lipinski definition) is 5. The van der Waals surface area contributed by atoms with Gasteiger partial charge >= 0.3 is 0 Å². The number of nitrogens with zero attached hydrogens (tertiary/aromatic N) is 2. The average molecular weight is 439 g/mol. The lowest BCUT2D eigenvalue weighted by Gasteiger charge is -2.13. The molecule has 0 radical (unpaired) electrons. The Kier molecular flexibility index (Phi) is 4.60. The number of nitrogens with two attached hydrogens (primary N) is 1. The predicted molar refractivity (Wildman–Crippen MR) is 96.0 cm³/mol. The van der Waals surface area contributed by atoms with Gasteiger partial charge in [-0.05, 0) is 28.4 Å². The Hall–Kier alpha value is -2.46. The third kappa shape index (κ3) is 3.19. The molecule has 2 aliphatic heterocycles. The summed E-state index contributed by atoms with van der Waals surface area (Å²) in [6.45, 7) is 1.42. The molecule has 3 N–H and O–H groups in total. The maximum atomic E-state index is 13.9. The van der Waals surface area contributed by atoms with Crippen LogP contribution in [0, 0.1) is 5.82 Å². The summed E-state index contributed by atoms with van der Waals surface area (Å²) in [5.74, 6) is -1.14. The van der Waals surface area contributed by atoms with Crippen molar-refractivity contribution in [2.75, 3.05) is 19.8 Å². The number of carbonyl (C=O) groups excluding carboxylic acids is 2. The van der Waals surface area contributed by atoms with Crippen molar-refractivity contribution in [3.63, 3.8) is 0 Å². The molecule has 0 bridgehead atoms. The summed E-state index contributed by atoms with van der Waals surface area (Å²) >= 11 is 3.14. The first-order chi connectivity index (χ1) is 13.0. The molecule has 1 aromatic carbocycles. The van der Waals surface area contributed by atoms with Crippen LogP contribution in [0.5, 0.6) is 5.75 Å². The Bertz CT molecular complexity index is 940. The lowest BCUT2D eigenvalue weighted by atomic mass is 10.2. The van der Waals surface area contributed by atoms with Crippen molar-refractivity contribution in [1.29, 1.82) is 0 Å². The van der Waals surface area contributed by atoms with Gasteiger partial charge in [-0.15, -0.1) is 0 Å². The van der Waals surface area contributed by atoms with Gasteiger partial charge in [-0.2, -0.15) is 0 Å². The topological polar surface area (TPSA) is 108 Å². The van der Waals surface area contributed by atoms with E-state index in [1.165, 1.54) is 12.1 Å². The van der Waals surface area contributed by atoms with Crippen LogP contribution in [-0.4, -0.2) is 47.2 Å². The van der Waals surface area contributed by atoms with Gasteiger partial charge in [0.25, 0.3) is 11.8 Å². The molecule has 4 rings (SSSR count). The van der Waals surface area contributed by atoms with Crippen molar-refractivity contribution in [3.05, 3.63) is 33.8 Å². The van der Waals surface area contributed by atoms with Crippen LogP contribution in [0.1, 0.15) is 27.4 Å². The normalized spacial score (nSPS) is 18.2. The van der Waals surface area contributed by atoms with Crippen LogP contribution in [0.15, 0.2) is 16.6 Å². The number of ether oxygens (including phenoxy) is 2. The van der Waals surface area contributed by atoms with Gasteiger partial charge in [0.15, 0.2) is 5.69 Å². The zero-order chi connectivity index (χ0) is 19.1. The van der Waals surface area contributed by atoms with E-state index in [1.54, 1.807) is 4.57 Å². The molecule has 2 amide bonds. The number of primary amides is 1. The van der Waals surface area contributed by atoms with Gasteiger partial charge in [-0.1, -0.05) is 0 Å². The number of amides is 2. The molecule has 0 spiro atoms. The number of imidazole rings is 1. The van der Waals surface area contributed by atoms with Gasteiger partial charge in [0.05, 0.1) is 29.2 Å². The second-order valence-electron chi connectivity index (χ2n) is 6.29. The van der Waals surface area contributed by atoms with E-state index < -0.39 is 17.6 Å². The summed E-state index contributed by atoms with van der Waals surface area (Å²) in [4.78, 5) is 29.1. The summed E-state index contributed by atoms with van der Waals surface area (Å²) in [6.07, 6.45) is 0.691. The molecular weight excluding hydrogens is 423 g/mol. The summed E-state index contributed by atoms with van der Waals surface area (Å²) in [7, 11) is 0. The Labute approximate surface area is 162 Å². The molecule has 27 heavy (non-hydrogen) atoms. The average Bonchev–Trinajstić information content (AvgIpc) is 3.22. The van der Waals surface area contributed by atoms with Gasteiger partial charge in [0.2, 0.25) is 0 Å². The molecule has 1 saturated heterocycles. The van der Waals surface area contributed by atoms with Crippen molar-refractivity contribution >= 4 is 27.7 Å². The Balaban J connectivity index is 1.83. The van der Waals surface area contributed by atoms with Crippen LogP contribution < -0.4 is 15.8 Å². The van der Waals surface area contributed by atoms with Crippen LogP contribution in [0.25, 0.3) is 11.4 Å². The minimum absolute atomic E-state index is 0.0706. The zero-order valence-electron chi connectivity index (χ0n) is 14.1. The quantitative estimate of drug-likeness (QED) is 0.753. The van der Waals surface area contributed by atoms with Crippen LogP contribution in [0.3, 0.4) is 0 Å². The first-order valence-corrected chi connectivity index (χ1v) is 9.16. The highest BCUT2D eigenvalue weighted by molar-refractivity contribution is 9.10. The maximum Gasteiger partial charge on any atom is 0.270 e. The summed E-state index contributed by atoms with van der Waals surface area (Å²) < 4.78 is 26.6. The van der Waals surface area contributed by atoms with E-state index in [-0.39, 0.29) is 40.8 Å². The van der Waals surface area contributed by atoms with Crippen LogP contribution >= 0.6 is 15.9 Å². The van der Waals surface area contributed by atoms with Crippen molar-refractivity contribution in [1.82, 2.24) is 14.9 Å². The molecule has 0 aliphatic carbocycles. The lowest BCUT2D eigenvalue weighted by Crippen LogP contribution is -2.37. The molecular formula is C17H16BrFN4O4. The van der Waals surface area contributed by atoms with Crippen molar-refractivity contribution in [2.24, 2.45) is 5.73 Å². The third-order valence-corrected chi connectivity index (χ3v) is 5.12. The first-order valence-electron chi connectivity index (χ1n) is 8.37. The largest absolute Gasteiger partial charge is 0.491 e. The third-order valence-electron chi connectivity index (χ3n) is 4.52. The molecule has 1 aromatic heterocycles. The van der Waals surface area contributed by atoms with Gasteiger partial charge in [0.1, 0.15) is 29.7 Å². The molecule has 2 aromatic rings. The fraction of sp³-hybridized carbons (Fsp3) is 0.353. The van der Waals surface area contributed by atoms with Crippen LogP contribution in [0.4, 0.5) is 4.39 Å². The molecule has 1 unspecified atom stereocenters. The minimum Gasteiger partial charge on any atom is -0.491 e. The van der Waals surface area contributed by atoms with E-state index in [1.807, 2.05) is 0 Å².